The number of nitrogens with one attached hydrogen (secondary N) is 1. The van der Waals surface area contributed by atoms with Crippen LogP contribution in [0.1, 0.15) is 12.8 Å². The molecule has 1 N–H and O–H groups in total. The summed E-state index contributed by atoms with van der Waals surface area (Å²) in [4.78, 5) is 6.32. The fourth-order valence-corrected chi connectivity index (χ4v) is 3.03. The Kier molecular flexibility index (Phi) is 3.93. The Morgan fingerprint density at radius 2 is 2.38 bits per heavy atom. The zero-order valence-corrected chi connectivity index (χ0v) is 10.8. The number of hydrogen-bond donors (Lipinski definition) is 1. The topological polar surface area (TPSA) is 28.2 Å². The van der Waals surface area contributed by atoms with Crippen molar-refractivity contribution >= 4 is 23.1 Å². The predicted octanol–water partition coefficient (Wildman–Crippen LogP) is 2.46. The highest BCUT2D eigenvalue weighted by atomic mass is 32.2. The van der Waals surface area contributed by atoms with E-state index in [0.29, 0.717) is 6.04 Å². The van der Waals surface area contributed by atoms with Crippen LogP contribution in [0.15, 0.2) is 18.5 Å². The van der Waals surface area contributed by atoms with E-state index in [1.165, 1.54) is 30.0 Å². The monoisotopic (exact) mass is 237 g/mol. The summed E-state index contributed by atoms with van der Waals surface area (Å²) in [6.45, 7) is 0. The molecule has 0 amide bonds. The molecule has 0 spiro atoms. The Hall–Kier alpha value is -0.900. The van der Waals surface area contributed by atoms with Crippen LogP contribution in [-0.4, -0.2) is 36.6 Å². The molecule has 1 aliphatic rings. The van der Waals surface area contributed by atoms with Crippen molar-refractivity contribution in [3.05, 3.63) is 18.5 Å². The molecule has 4 heteroatoms. The van der Waals surface area contributed by atoms with Crippen molar-refractivity contribution in [2.45, 2.75) is 18.9 Å². The molecule has 3 nitrogen and oxygen atoms in total. The van der Waals surface area contributed by atoms with E-state index < -0.39 is 0 Å². The third-order valence-corrected chi connectivity index (χ3v) is 4.02. The molecule has 1 fully saturated rings. The van der Waals surface area contributed by atoms with E-state index in [1.807, 2.05) is 24.2 Å². The molecule has 16 heavy (non-hydrogen) atoms. The maximum absolute atomic E-state index is 4.20. The first-order valence-corrected chi connectivity index (χ1v) is 6.88. The van der Waals surface area contributed by atoms with Gasteiger partial charge in [0.05, 0.1) is 17.6 Å². The smallest absolute Gasteiger partial charge is 0.0766 e. The minimum atomic E-state index is 0.599. The summed E-state index contributed by atoms with van der Waals surface area (Å²) < 4.78 is 0. The second kappa shape index (κ2) is 5.43. The summed E-state index contributed by atoms with van der Waals surface area (Å²) in [5, 5.41) is 3.61. The van der Waals surface area contributed by atoms with Crippen LogP contribution >= 0.6 is 11.8 Å². The van der Waals surface area contributed by atoms with Gasteiger partial charge in [-0.05, 0) is 24.7 Å². The SMILES string of the molecule is CN(C)c1ccncc1NC1CCCSC1. The molecule has 1 aliphatic heterocycles. The highest BCUT2D eigenvalue weighted by molar-refractivity contribution is 7.99. The van der Waals surface area contributed by atoms with Crippen molar-refractivity contribution in [3.8, 4) is 0 Å². The van der Waals surface area contributed by atoms with E-state index in [9.17, 15) is 0 Å². The summed E-state index contributed by atoms with van der Waals surface area (Å²) >= 11 is 2.04. The van der Waals surface area contributed by atoms with Crippen LogP contribution in [0.4, 0.5) is 11.4 Å². The maximum Gasteiger partial charge on any atom is 0.0766 e. The van der Waals surface area contributed by atoms with Crippen molar-refractivity contribution in [2.75, 3.05) is 35.8 Å². The van der Waals surface area contributed by atoms with Crippen LogP contribution in [0.5, 0.6) is 0 Å². The lowest BCUT2D eigenvalue weighted by atomic mass is 10.1. The van der Waals surface area contributed by atoms with Gasteiger partial charge in [-0.3, -0.25) is 4.98 Å². The number of thioether (sulfide) groups is 1. The van der Waals surface area contributed by atoms with Gasteiger partial charge < -0.3 is 10.2 Å². The van der Waals surface area contributed by atoms with Gasteiger partial charge in [-0.1, -0.05) is 0 Å². The van der Waals surface area contributed by atoms with Crippen molar-refractivity contribution in [3.63, 3.8) is 0 Å². The Balaban J connectivity index is 2.07. The molecule has 2 heterocycles. The average Bonchev–Trinajstić information content (AvgIpc) is 2.31. The van der Waals surface area contributed by atoms with E-state index in [0.717, 1.165) is 5.69 Å². The van der Waals surface area contributed by atoms with Gasteiger partial charge in [-0.2, -0.15) is 11.8 Å². The van der Waals surface area contributed by atoms with E-state index in [-0.39, 0.29) is 0 Å². The molecule has 0 aliphatic carbocycles. The molecule has 0 radical (unpaired) electrons. The van der Waals surface area contributed by atoms with Crippen LogP contribution < -0.4 is 10.2 Å². The molecular formula is C12H19N3S. The molecule has 1 aromatic rings. The second-order valence-corrected chi connectivity index (χ2v) is 5.50. The predicted molar refractivity (Wildman–Crippen MR) is 72.5 cm³/mol. The number of anilines is 2. The lowest BCUT2D eigenvalue weighted by Gasteiger charge is -2.26. The van der Waals surface area contributed by atoms with Gasteiger partial charge in [0, 0.05) is 32.1 Å². The largest absolute Gasteiger partial charge is 0.379 e. The highest BCUT2D eigenvalue weighted by Crippen LogP contribution is 2.26. The van der Waals surface area contributed by atoms with Gasteiger partial charge >= 0.3 is 0 Å². The van der Waals surface area contributed by atoms with Gasteiger partial charge in [-0.25, -0.2) is 0 Å². The third-order valence-electron chi connectivity index (χ3n) is 2.80. The van der Waals surface area contributed by atoms with Crippen molar-refractivity contribution in [2.24, 2.45) is 0 Å². The van der Waals surface area contributed by atoms with Crippen LogP contribution in [0.3, 0.4) is 0 Å². The normalized spacial score (nSPS) is 20.5. The molecular weight excluding hydrogens is 218 g/mol. The van der Waals surface area contributed by atoms with Crippen LogP contribution in [0.25, 0.3) is 0 Å². The van der Waals surface area contributed by atoms with Gasteiger partial charge in [0.25, 0.3) is 0 Å². The molecule has 0 aromatic carbocycles. The molecule has 2 rings (SSSR count). The summed E-state index contributed by atoms with van der Waals surface area (Å²) in [5.74, 6) is 2.52. The van der Waals surface area contributed by atoms with Crippen LogP contribution in [-0.2, 0) is 0 Å². The first-order valence-electron chi connectivity index (χ1n) is 5.73. The lowest BCUT2D eigenvalue weighted by molar-refractivity contribution is 0.684. The Morgan fingerprint density at radius 1 is 1.50 bits per heavy atom. The Morgan fingerprint density at radius 3 is 3.06 bits per heavy atom. The van der Waals surface area contributed by atoms with Gasteiger partial charge in [0.15, 0.2) is 0 Å². The number of nitrogens with zero attached hydrogens (tertiary/aromatic N) is 2. The zero-order chi connectivity index (χ0) is 11.4. The first-order chi connectivity index (χ1) is 7.77. The van der Waals surface area contributed by atoms with Gasteiger partial charge in [0.1, 0.15) is 0 Å². The molecule has 1 atom stereocenters. The van der Waals surface area contributed by atoms with Crippen molar-refractivity contribution in [1.82, 2.24) is 4.98 Å². The minimum Gasteiger partial charge on any atom is -0.379 e. The van der Waals surface area contributed by atoms with Crippen LogP contribution in [0.2, 0.25) is 0 Å². The molecule has 0 saturated carbocycles. The average molecular weight is 237 g/mol. The highest BCUT2D eigenvalue weighted by Gasteiger charge is 2.15. The maximum atomic E-state index is 4.20. The summed E-state index contributed by atoms with van der Waals surface area (Å²) in [6, 6.07) is 2.65. The molecule has 1 aromatic heterocycles. The molecule has 1 saturated heterocycles. The number of aromatic nitrogens is 1. The third kappa shape index (κ3) is 2.82. The van der Waals surface area contributed by atoms with Gasteiger partial charge in [0.2, 0.25) is 0 Å². The first kappa shape index (κ1) is 11.6. The summed E-state index contributed by atoms with van der Waals surface area (Å²) in [6.07, 6.45) is 6.36. The zero-order valence-electron chi connectivity index (χ0n) is 9.94. The minimum absolute atomic E-state index is 0.599. The standard InChI is InChI=1S/C12H19N3S/c1-15(2)12-5-6-13-8-11(12)14-10-4-3-7-16-9-10/h5-6,8,10,14H,3-4,7,9H2,1-2H3. The summed E-state index contributed by atoms with van der Waals surface area (Å²) in [7, 11) is 4.13. The van der Waals surface area contributed by atoms with Crippen LogP contribution in [0, 0.1) is 0 Å². The molecule has 1 unspecified atom stereocenters. The quantitative estimate of drug-likeness (QED) is 0.874. The van der Waals surface area contributed by atoms with E-state index in [1.54, 1.807) is 0 Å². The Bertz CT molecular complexity index is 335. The van der Waals surface area contributed by atoms with Gasteiger partial charge in [-0.15, -0.1) is 0 Å². The number of rotatable bonds is 3. The summed E-state index contributed by atoms with van der Waals surface area (Å²) in [5.41, 5.74) is 2.37. The van der Waals surface area contributed by atoms with E-state index in [2.05, 4.69) is 35.4 Å². The van der Waals surface area contributed by atoms with E-state index in [4.69, 9.17) is 0 Å². The van der Waals surface area contributed by atoms with Crippen molar-refractivity contribution < 1.29 is 0 Å². The second-order valence-electron chi connectivity index (χ2n) is 4.35. The number of hydrogen-bond acceptors (Lipinski definition) is 4. The Labute approximate surface area is 102 Å². The fourth-order valence-electron chi connectivity index (χ4n) is 1.96. The molecule has 0 bridgehead atoms. The fraction of sp³-hybridized carbons (Fsp3) is 0.583. The number of pyridine rings is 1. The van der Waals surface area contributed by atoms with E-state index >= 15 is 0 Å². The lowest BCUT2D eigenvalue weighted by Crippen LogP contribution is -2.26. The van der Waals surface area contributed by atoms with Crippen molar-refractivity contribution in [1.29, 1.82) is 0 Å². The molecule has 88 valence electrons.